The van der Waals surface area contributed by atoms with Gasteiger partial charge in [-0.2, -0.15) is 0 Å². The highest BCUT2D eigenvalue weighted by Crippen LogP contribution is 2.25. The van der Waals surface area contributed by atoms with Crippen molar-refractivity contribution in [1.29, 1.82) is 0 Å². The lowest BCUT2D eigenvalue weighted by Crippen LogP contribution is -2.40. The maximum atomic E-state index is 5.45. The van der Waals surface area contributed by atoms with E-state index in [1.165, 1.54) is 12.1 Å². The molecule has 1 unspecified atom stereocenters. The van der Waals surface area contributed by atoms with Crippen molar-refractivity contribution >= 4 is 51.6 Å². The molecule has 2 heterocycles. The first-order valence-corrected chi connectivity index (χ1v) is 10.8. The Morgan fingerprint density at radius 3 is 2.66 bits per heavy atom. The predicted octanol–water partition coefficient (Wildman–Crippen LogP) is 4.37. The maximum Gasteiger partial charge on any atom is 0.191 e. The minimum Gasteiger partial charge on any atom is -0.371 e. The summed E-state index contributed by atoms with van der Waals surface area (Å²) in [5.41, 5.74) is 3.48. The number of hydrogen-bond donors (Lipinski definition) is 2. The molecule has 2 aromatic rings. The molecule has 8 heteroatoms. The Hall–Kier alpha value is -1.29. The molecule has 0 bridgehead atoms. The lowest BCUT2D eigenvalue weighted by molar-refractivity contribution is 0.380. The summed E-state index contributed by atoms with van der Waals surface area (Å²) < 4.78 is 6.56. The Kier molecular flexibility index (Phi) is 9.74. The molecule has 0 spiro atoms. The molecule has 1 aromatic heterocycles. The monoisotopic (exact) mass is 575 g/mol. The van der Waals surface area contributed by atoms with Crippen molar-refractivity contribution < 1.29 is 4.52 Å². The highest BCUT2D eigenvalue weighted by molar-refractivity contribution is 14.0. The fourth-order valence-corrected chi connectivity index (χ4v) is 3.92. The van der Waals surface area contributed by atoms with E-state index in [1.807, 2.05) is 7.05 Å². The summed E-state index contributed by atoms with van der Waals surface area (Å²) in [5.74, 6) is 2.39. The van der Waals surface area contributed by atoms with Gasteiger partial charge in [-0.1, -0.05) is 34.9 Å². The van der Waals surface area contributed by atoms with Gasteiger partial charge in [0.05, 0.1) is 5.69 Å². The van der Waals surface area contributed by atoms with Crippen molar-refractivity contribution in [3.8, 4) is 0 Å². The average Bonchev–Trinajstić information content (AvgIpc) is 3.35. The minimum atomic E-state index is 0. The number of hydrogen-bond acceptors (Lipinski definition) is 4. The van der Waals surface area contributed by atoms with Crippen LogP contribution < -0.4 is 15.5 Å². The lowest BCUT2D eigenvalue weighted by Gasteiger charge is -2.19. The van der Waals surface area contributed by atoms with Crippen LogP contribution in [0.3, 0.4) is 0 Å². The molecule has 0 amide bonds. The lowest BCUT2D eigenvalue weighted by atomic mass is 10.1. The topological polar surface area (TPSA) is 65.7 Å². The van der Waals surface area contributed by atoms with Crippen molar-refractivity contribution in [2.24, 2.45) is 10.9 Å². The van der Waals surface area contributed by atoms with Crippen LogP contribution in [0, 0.1) is 5.92 Å². The molecule has 0 radical (unpaired) electrons. The molecule has 2 N–H and O–H groups in total. The number of aryl methyl sites for hydroxylation is 2. The summed E-state index contributed by atoms with van der Waals surface area (Å²) in [6, 6.07) is 8.56. The van der Waals surface area contributed by atoms with Gasteiger partial charge < -0.3 is 20.1 Å². The van der Waals surface area contributed by atoms with Crippen molar-refractivity contribution in [2.75, 3.05) is 31.6 Å². The molecule has 1 fully saturated rings. The number of aliphatic imine (C=N–C) groups is 1. The first-order valence-electron chi connectivity index (χ1n) is 10.1. The number of guanidine groups is 1. The van der Waals surface area contributed by atoms with Gasteiger partial charge in [0.15, 0.2) is 5.96 Å². The third-order valence-corrected chi connectivity index (χ3v) is 5.83. The second-order valence-electron chi connectivity index (χ2n) is 7.12. The second-order valence-corrected chi connectivity index (χ2v) is 8.04. The van der Waals surface area contributed by atoms with E-state index in [9.17, 15) is 0 Å². The maximum absolute atomic E-state index is 5.45. The van der Waals surface area contributed by atoms with Gasteiger partial charge in [-0.25, -0.2) is 0 Å². The van der Waals surface area contributed by atoms with Gasteiger partial charge in [-0.3, -0.25) is 4.99 Å². The Labute approximate surface area is 199 Å². The summed E-state index contributed by atoms with van der Waals surface area (Å²) in [4.78, 5) is 6.82. The van der Waals surface area contributed by atoms with Crippen LogP contribution in [0.2, 0.25) is 0 Å². The van der Waals surface area contributed by atoms with E-state index >= 15 is 0 Å². The van der Waals surface area contributed by atoms with Gasteiger partial charge in [0.25, 0.3) is 0 Å². The number of nitrogens with zero attached hydrogens (tertiary/aromatic N) is 3. The van der Waals surface area contributed by atoms with Crippen LogP contribution in [0.4, 0.5) is 5.69 Å². The fraction of sp³-hybridized carbons (Fsp3) is 0.524. The molecule has 1 saturated heterocycles. The fourth-order valence-electron chi connectivity index (χ4n) is 3.66. The number of halogens is 2. The first-order chi connectivity index (χ1) is 13.6. The van der Waals surface area contributed by atoms with Crippen molar-refractivity contribution in [2.45, 2.75) is 39.7 Å². The minimum absolute atomic E-state index is 0. The molecular weight excluding hydrogens is 545 g/mol. The summed E-state index contributed by atoms with van der Waals surface area (Å²) in [7, 11) is 1.81. The molecule has 1 atom stereocenters. The van der Waals surface area contributed by atoms with Crippen molar-refractivity contribution in [3.63, 3.8) is 0 Å². The SMILES string of the molecule is CCc1noc(CC)c1CNC(=NC)NCC1CCN(c2ccc(Br)cc2)C1.I. The zero-order chi connectivity index (χ0) is 19.9. The molecular formula is C21H31BrIN5O. The molecule has 3 rings (SSSR count). The van der Waals surface area contributed by atoms with Crippen LogP contribution in [0.5, 0.6) is 0 Å². The van der Waals surface area contributed by atoms with Crippen molar-refractivity contribution in [1.82, 2.24) is 15.8 Å². The van der Waals surface area contributed by atoms with E-state index in [-0.39, 0.29) is 24.0 Å². The van der Waals surface area contributed by atoms with Crippen LogP contribution in [0.1, 0.15) is 37.3 Å². The smallest absolute Gasteiger partial charge is 0.191 e. The molecule has 1 aromatic carbocycles. The molecule has 160 valence electrons. The van der Waals surface area contributed by atoms with Crippen LogP contribution in [0.25, 0.3) is 0 Å². The molecule has 29 heavy (non-hydrogen) atoms. The third-order valence-electron chi connectivity index (χ3n) is 5.30. The van der Waals surface area contributed by atoms with Gasteiger partial charge in [-0.15, -0.1) is 24.0 Å². The second kappa shape index (κ2) is 11.8. The van der Waals surface area contributed by atoms with E-state index in [0.717, 1.165) is 59.9 Å². The molecule has 0 aliphatic carbocycles. The van der Waals surface area contributed by atoms with Crippen LogP contribution in [0.15, 0.2) is 38.3 Å². The third kappa shape index (κ3) is 6.34. The normalized spacial score (nSPS) is 16.6. The molecule has 6 nitrogen and oxygen atoms in total. The molecule has 1 aliphatic rings. The summed E-state index contributed by atoms with van der Waals surface area (Å²) >= 11 is 3.50. The Bertz CT molecular complexity index is 771. The van der Waals surface area contributed by atoms with E-state index in [4.69, 9.17) is 4.52 Å². The highest BCUT2D eigenvalue weighted by atomic mass is 127. The summed E-state index contributed by atoms with van der Waals surface area (Å²) in [6.45, 7) is 7.96. The highest BCUT2D eigenvalue weighted by Gasteiger charge is 2.23. The van der Waals surface area contributed by atoms with E-state index in [1.54, 1.807) is 0 Å². The summed E-state index contributed by atoms with van der Waals surface area (Å²) in [5, 5.41) is 11.1. The summed E-state index contributed by atoms with van der Waals surface area (Å²) in [6.07, 6.45) is 2.91. The van der Waals surface area contributed by atoms with Crippen LogP contribution >= 0.6 is 39.9 Å². The number of anilines is 1. The van der Waals surface area contributed by atoms with Gasteiger partial charge in [0.1, 0.15) is 5.76 Å². The van der Waals surface area contributed by atoms with E-state index < -0.39 is 0 Å². The zero-order valence-electron chi connectivity index (χ0n) is 17.4. The van der Waals surface area contributed by atoms with Gasteiger partial charge in [0, 0.05) is 55.4 Å². The van der Waals surface area contributed by atoms with Gasteiger partial charge >= 0.3 is 0 Å². The van der Waals surface area contributed by atoms with Gasteiger partial charge in [-0.05, 0) is 43.0 Å². The average molecular weight is 576 g/mol. The Morgan fingerprint density at radius 2 is 2.00 bits per heavy atom. The Morgan fingerprint density at radius 1 is 1.24 bits per heavy atom. The van der Waals surface area contributed by atoms with Crippen LogP contribution in [-0.4, -0.2) is 37.8 Å². The molecule has 1 aliphatic heterocycles. The van der Waals surface area contributed by atoms with E-state index in [0.29, 0.717) is 12.5 Å². The molecule has 0 saturated carbocycles. The zero-order valence-corrected chi connectivity index (χ0v) is 21.3. The quantitative estimate of drug-likeness (QED) is 0.291. The van der Waals surface area contributed by atoms with Gasteiger partial charge in [0.2, 0.25) is 0 Å². The van der Waals surface area contributed by atoms with Crippen LogP contribution in [-0.2, 0) is 19.4 Å². The Balaban J connectivity index is 0.00000300. The standard InChI is InChI=1S/C21H30BrN5O.HI/c1-4-19-18(20(5-2)28-26-19)13-25-21(23-3)24-12-15-10-11-27(14-15)17-8-6-16(22)7-9-17;/h6-9,15H,4-5,10-14H2,1-3H3,(H2,23,24,25);1H. The first kappa shape index (κ1) is 24.0. The number of benzene rings is 1. The van der Waals surface area contributed by atoms with Crippen molar-refractivity contribution in [3.05, 3.63) is 45.8 Å². The van der Waals surface area contributed by atoms with E-state index in [2.05, 4.69) is 79.7 Å². The number of aromatic nitrogens is 1. The predicted molar refractivity (Wildman–Crippen MR) is 133 cm³/mol. The largest absolute Gasteiger partial charge is 0.371 e. The number of nitrogens with one attached hydrogen (secondary N) is 2. The number of rotatable bonds is 7.